The molecule has 2 saturated heterocycles. The molecule has 2 fully saturated rings. The third-order valence-corrected chi connectivity index (χ3v) is 13.0. The first-order chi connectivity index (χ1) is 31.1. The number of unbranched alkanes of at least 4 members (excludes halogenated alkanes) is 25. The third kappa shape index (κ3) is 24.7. The van der Waals surface area contributed by atoms with Crippen molar-refractivity contribution in [2.75, 3.05) is 19.8 Å². The maximum Gasteiger partial charge on any atom is 0.220 e. The van der Waals surface area contributed by atoms with Gasteiger partial charge in [-0.1, -0.05) is 180 Å². The number of ether oxygens (including phenoxy) is 4. The summed E-state index contributed by atoms with van der Waals surface area (Å²) in [4.78, 5) is 13.1. The number of allylic oxidation sites excluding steroid dienone is 2. The molecule has 2 aliphatic rings. The van der Waals surface area contributed by atoms with Gasteiger partial charge in [0.05, 0.1) is 32.0 Å². The van der Waals surface area contributed by atoms with Gasteiger partial charge >= 0.3 is 0 Å². The summed E-state index contributed by atoms with van der Waals surface area (Å²) in [6, 6.07) is -0.827. The van der Waals surface area contributed by atoms with Crippen molar-refractivity contribution in [2.24, 2.45) is 0 Å². The highest BCUT2D eigenvalue weighted by Crippen LogP contribution is 2.30. The van der Waals surface area contributed by atoms with Crippen LogP contribution < -0.4 is 5.32 Å². The zero-order valence-corrected chi connectivity index (χ0v) is 40.0. The van der Waals surface area contributed by atoms with Crippen molar-refractivity contribution < 1.29 is 64.6 Å². The number of aliphatic hydroxyl groups is 8. The van der Waals surface area contributed by atoms with Crippen LogP contribution >= 0.6 is 0 Å². The van der Waals surface area contributed by atoms with Crippen molar-refractivity contribution in [1.29, 1.82) is 0 Å². The molecule has 378 valence electrons. The minimum atomic E-state index is -1.78. The molecule has 2 rings (SSSR count). The molecule has 2 heterocycles. The van der Waals surface area contributed by atoms with E-state index in [0.29, 0.717) is 19.3 Å². The van der Waals surface area contributed by atoms with E-state index in [0.717, 1.165) is 70.6 Å². The minimum Gasteiger partial charge on any atom is -0.394 e. The van der Waals surface area contributed by atoms with Crippen LogP contribution in [0.2, 0.25) is 0 Å². The Bertz CT molecular complexity index is 1130. The van der Waals surface area contributed by atoms with E-state index >= 15 is 0 Å². The normalized spacial score (nSPS) is 27.3. The van der Waals surface area contributed by atoms with Crippen LogP contribution in [0, 0.1) is 0 Å². The first-order valence-electron chi connectivity index (χ1n) is 25.9. The summed E-state index contributed by atoms with van der Waals surface area (Å²) in [6.07, 6.45) is 22.3. The Morgan fingerprint density at radius 1 is 0.547 bits per heavy atom. The first kappa shape index (κ1) is 58.9. The van der Waals surface area contributed by atoms with Crippen molar-refractivity contribution in [2.45, 2.75) is 280 Å². The largest absolute Gasteiger partial charge is 0.394 e. The van der Waals surface area contributed by atoms with Gasteiger partial charge in [0.25, 0.3) is 0 Å². The second-order valence-corrected chi connectivity index (χ2v) is 18.7. The average Bonchev–Trinajstić information content (AvgIpc) is 3.29. The summed E-state index contributed by atoms with van der Waals surface area (Å²) in [7, 11) is 0. The number of hydrogen-bond acceptors (Lipinski definition) is 13. The Morgan fingerprint density at radius 3 is 1.55 bits per heavy atom. The fraction of sp³-hybridized carbons (Fsp3) is 0.940. The molecule has 0 saturated carbocycles. The van der Waals surface area contributed by atoms with E-state index in [4.69, 9.17) is 18.9 Å². The quantitative estimate of drug-likeness (QED) is 0.0229. The molecule has 0 spiro atoms. The fourth-order valence-electron chi connectivity index (χ4n) is 8.71. The van der Waals surface area contributed by atoms with Gasteiger partial charge in [-0.2, -0.15) is 0 Å². The molecule has 14 nitrogen and oxygen atoms in total. The molecule has 0 aliphatic carbocycles. The van der Waals surface area contributed by atoms with Crippen LogP contribution in [-0.2, 0) is 23.7 Å². The number of hydrogen-bond donors (Lipinski definition) is 9. The van der Waals surface area contributed by atoms with Gasteiger partial charge in [0.15, 0.2) is 12.6 Å². The topological polar surface area (TPSA) is 228 Å². The second kappa shape index (κ2) is 37.7. The van der Waals surface area contributed by atoms with Crippen molar-refractivity contribution in [3.63, 3.8) is 0 Å². The van der Waals surface area contributed by atoms with E-state index < -0.39 is 86.8 Å². The highest BCUT2D eigenvalue weighted by Gasteiger charge is 2.51. The molecule has 0 aromatic rings. The fourth-order valence-corrected chi connectivity index (χ4v) is 8.71. The van der Waals surface area contributed by atoms with Crippen LogP contribution in [-0.4, -0.2) is 140 Å². The lowest BCUT2D eigenvalue weighted by atomic mass is 9.97. The molecule has 2 aliphatic heterocycles. The molecular weight excluding hydrogens is 823 g/mol. The highest BCUT2D eigenvalue weighted by molar-refractivity contribution is 5.76. The number of carbonyl (C=O) groups excluding carboxylic acids is 1. The SMILES string of the molecule is CCC/C=C\CCCCCCCC(=O)NC(COC1OC(CO)C(OC2OC(CO)C(O)C(O)C2O)C(O)C1O)C(O)CCCCCCCCCCCCCCCCCCCCCC. The van der Waals surface area contributed by atoms with E-state index in [2.05, 4.69) is 31.3 Å². The molecule has 64 heavy (non-hydrogen) atoms. The lowest BCUT2D eigenvalue weighted by molar-refractivity contribution is -0.359. The predicted octanol–water partition coefficient (Wildman–Crippen LogP) is 6.77. The smallest absolute Gasteiger partial charge is 0.220 e. The molecular formula is C50H95NO13. The van der Waals surface area contributed by atoms with Crippen molar-refractivity contribution >= 4 is 5.91 Å². The third-order valence-electron chi connectivity index (χ3n) is 13.0. The molecule has 12 atom stereocenters. The van der Waals surface area contributed by atoms with Crippen molar-refractivity contribution in [1.82, 2.24) is 5.32 Å². The molecule has 9 N–H and O–H groups in total. The van der Waals surface area contributed by atoms with Gasteiger partial charge in [0.1, 0.15) is 48.8 Å². The average molecular weight is 918 g/mol. The zero-order valence-electron chi connectivity index (χ0n) is 40.0. The Kier molecular flexibility index (Phi) is 34.7. The molecule has 0 bridgehead atoms. The van der Waals surface area contributed by atoms with E-state index in [1.165, 1.54) is 103 Å². The highest BCUT2D eigenvalue weighted by atomic mass is 16.7. The predicted molar refractivity (Wildman–Crippen MR) is 249 cm³/mol. The Morgan fingerprint density at radius 2 is 1.02 bits per heavy atom. The van der Waals surface area contributed by atoms with Gasteiger partial charge in [-0.3, -0.25) is 4.79 Å². The first-order valence-corrected chi connectivity index (χ1v) is 25.9. The van der Waals surface area contributed by atoms with Crippen LogP contribution in [0.1, 0.15) is 206 Å². The summed E-state index contributed by atoms with van der Waals surface area (Å²) < 4.78 is 22.7. The molecule has 0 radical (unpaired) electrons. The summed E-state index contributed by atoms with van der Waals surface area (Å²) in [6.45, 7) is 2.79. The lowest BCUT2D eigenvalue weighted by Crippen LogP contribution is -2.65. The minimum absolute atomic E-state index is 0.218. The number of rotatable bonds is 40. The van der Waals surface area contributed by atoms with E-state index in [-0.39, 0.29) is 12.5 Å². The molecule has 1 amide bonds. The van der Waals surface area contributed by atoms with Crippen LogP contribution in [0.15, 0.2) is 12.2 Å². The maximum atomic E-state index is 13.1. The van der Waals surface area contributed by atoms with Gasteiger partial charge in [-0.05, 0) is 32.1 Å². The summed E-state index contributed by atoms with van der Waals surface area (Å²) in [5.74, 6) is -0.218. The van der Waals surface area contributed by atoms with E-state index in [9.17, 15) is 45.6 Å². The Labute approximate surface area is 386 Å². The molecule has 14 heteroatoms. The molecule has 0 aromatic heterocycles. The van der Waals surface area contributed by atoms with Gasteiger partial charge in [-0.15, -0.1) is 0 Å². The second-order valence-electron chi connectivity index (χ2n) is 18.7. The molecule has 0 aromatic carbocycles. The summed E-state index contributed by atoms with van der Waals surface area (Å²) in [5, 5.41) is 86.8. The van der Waals surface area contributed by atoms with Crippen LogP contribution in [0.5, 0.6) is 0 Å². The van der Waals surface area contributed by atoms with Gasteiger partial charge in [0, 0.05) is 6.42 Å². The van der Waals surface area contributed by atoms with E-state index in [1.54, 1.807) is 0 Å². The zero-order chi connectivity index (χ0) is 46.8. The Hall–Kier alpha value is -1.27. The standard InChI is InChI=1S/C50H95NO13/c1-3-5-7-9-11-13-15-16-17-18-19-20-21-22-23-24-25-27-29-31-33-39(54)38(51-42(55)34-32-30-28-26-14-12-10-8-6-4-2)37-61-49-47(60)45(58)48(41(36-53)63-49)64-50-46(59)44(57)43(56)40(35-52)62-50/h8,10,38-41,43-50,52-54,56-60H,3-7,9,11-37H2,1-2H3,(H,51,55)/b10-8-. The van der Waals surface area contributed by atoms with Crippen molar-refractivity contribution in [3.05, 3.63) is 12.2 Å². The number of amides is 1. The number of aliphatic hydroxyl groups excluding tert-OH is 8. The van der Waals surface area contributed by atoms with Crippen LogP contribution in [0.25, 0.3) is 0 Å². The van der Waals surface area contributed by atoms with Crippen LogP contribution in [0.4, 0.5) is 0 Å². The lowest BCUT2D eigenvalue weighted by Gasteiger charge is -2.46. The summed E-state index contributed by atoms with van der Waals surface area (Å²) in [5.41, 5.74) is 0. The number of nitrogens with one attached hydrogen (secondary N) is 1. The van der Waals surface area contributed by atoms with Gasteiger partial charge in [-0.25, -0.2) is 0 Å². The summed E-state index contributed by atoms with van der Waals surface area (Å²) >= 11 is 0. The molecule has 12 unspecified atom stereocenters. The van der Waals surface area contributed by atoms with Gasteiger partial charge < -0.3 is 65.1 Å². The Balaban J connectivity index is 1.79. The number of carbonyl (C=O) groups is 1. The van der Waals surface area contributed by atoms with Gasteiger partial charge in [0.2, 0.25) is 5.91 Å². The monoisotopic (exact) mass is 918 g/mol. The van der Waals surface area contributed by atoms with E-state index in [1.807, 2.05) is 0 Å². The van der Waals surface area contributed by atoms with Crippen LogP contribution in [0.3, 0.4) is 0 Å². The van der Waals surface area contributed by atoms with Crippen molar-refractivity contribution in [3.8, 4) is 0 Å². The maximum absolute atomic E-state index is 13.1.